The standard InChI is InChI=1S/C16H14FN5O4S/c1-10(16(23)24)20-27(25,26)14-8-2-11(3-9-14)15-18-21-22(19-15)13-6-4-12(17)5-7-13/h2-10,20H,1H3,(H,23,24). The zero-order valence-corrected chi connectivity index (χ0v) is 14.8. The topological polar surface area (TPSA) is 127 Å². The normalized spacial score (nSPS) is 12.7. The smallest absolute Gasteiger partial charge is 0.321 e. The Morgan fingerprint density at radius 3 is 2.37 bits per heavy atom. The summed E-state index contributed by atoms with van der Waals surface area (Å²) < 4.78 is 39.4. The van der Waals surface area contributed by atoms with Crippen LogP contribution in [0.3, 0.4) is 0 Å². The Hall–Kier alpha value is -3.18. The summed E-state index contributed by atoms with van der Waals surface area (Å²) in [5.74, 6) is -1.42. The highest BCUT2D eigenvalue weighted by Gasteiger charge is 2.21. The van der Waals surface area contributed by atoms with Gasteiger partial charge in [0, 0.05) is 5.56 Å². The SMILES string of the molecule is CC(NS(=O)(=O)c1ccc(-c2nnn(-c3ccc(F)cc3)n2)cc1)C(=O)O. The fourth-order valence-electron chi connectivity index (χ4n) is 2.15. The van der Waals surface area contributed by atoms with E-state index in [1.165, 1.54) is 60.3 Å². The van der Waals surface area contributed by atoms with Gasteiger partial charge in [0.2, 0.25) is 15.8 Å². The molecule has 27 heavy (non-hydrogen) atoms. The third kappa shape index (κ3) is 4.15. The average Bonchev–Trinajstić information content (AvgIpc) is 3.12. The van der Waals surface area contributed by atoms with Gasteiger partial charge in [-0.2, -0.15) is 4.72 Å². The fraction of sp³-hybridized carbons (Fsp3) is 0.125. The summed E-state index contributed by atoms with van der Waals surface area (Å²) >= 11 is 0. The van der Waals surface area contributed by atoms with E-state index < -0.39 is 22.0 Å². The average molecular weight is 391 g/mol. The lowest BCUT2D eigenvalue weighted by molar-refractivity contribution is -0.138. The van der Waals surface area contributed by atoms with Gasteiger partial charge in [0.1, 0.15) is 11.9 Å². The molecule has 0 saturated carbocycles. The number of benzene rings is 2. The van der Waals surface area contributed by atoms with Gasteiger partial charge in [-0.15, -0.1) is 15.0 Å². The number of tetrazole rings is 1. The lowest BCUT2D eigenvalue weighted by Crippen LogP contribution is -2.38. The van der Waals surface area contributed by atoms with Crippen molar-refractivity contribution in [3.8, 4) is 17.1 Å². The van der Waals surface area contributed by atoms with Gasteiger partial charge in [-0.1, -0.05) is 0 Å². The number of nitrogens with one attached hydrogen (secondary N) is 1. The molecule has 0 aliphatic rings. The second-order valence-electron chi connectivity index (χ2n) is 5.58. The number of hydrogen-bond donors (Lipinski definition) is 2. The van der Waals surface area contributed by atoms with Crippen molar-refractivity contribution >= 4 is 16.0 Å². The number of carboxylic acid groups (broad SMARTS) is 1. The summed E-state index contributed by atoms with van der Waals surface area (Å²) in [5, 5.41) is 20.8. The van der Waals surface area contributed by atoms with Crippen LogP contribution in [0.15, 0.2) is 53.4 Å². The summed E-state index contributed by atoms with van der Waals surface area (Å²) in [5.41, 5.74) is 1.02. The maximum absolute atomic E-state index is 13.0. The van der Waals surface area contributed by atoms with Crippen molar-refractivity contribution in [3.63, 3.8) is 0 Å². The molecule has 0 aliphatic heterocycles. The molecule has 3 rings (SSSR count). The summed E-state index contributed by atoms with van der Waals surface area (Å²) in [4.78, 5) is 11.9. The first kappa shape index (κ1) is 18.6. The first-order valence-electron chi connectivity index (χ1n) is 7.68. The first-order chi connectivity index (χ1) is 12.8. The Bertz CT molecular complexity index is 1060. The largest absolute Gasteiger partial charge is 0.480 e. The Morgan fingerprint density at radius 1 is 1.15 bits per heavy atom. The minimum Gasteiger partial charge on any atom is -0.480 e. The number of carboxylic acids is 1. The van der Waals surface area contributed by atoms with Crippen LogP contribution in [0.4, 0.5) is 4.39 Å². The molecule has 3 aromatic rings. The summed E-state index contributed by atoms with van der Waals surface area (Å²) in [7, 11) is -3.97. The minimum absolute atomic E-state index is 0.0923. The van der Waals surface area contributed by atoms with Gasteiger partial charge < -0.3 is 5.11 Å². The number of sulfonamides is 1. The van der Waals surface area contributed by atoms with Gasteiger partial charge in [0.25, 0.3) is 0 Å². The molecule has 0 saturated heterocycles. The van der Waals surface area contributed by atoms with Crippen molar-refractivity contribution in [2.75, 3.05) is 0 Å². The van der Waals surface area contributed by atoms with Crippen LogP contribution in [-0.2, 0) is 14.8 Å². The maximum atomic E-state index is 13.0. The third-order valence-corrected chi connectivity index (χ3v) is 5.15. The lowest BCUT2D eigenvalue weighted by Gasteiger charge is -2.10. The number of halogens is 1. The predicted molar refractivity (Wildman–Crippen MR) is 92.0 cm³/mol. The van der Waals surface area contributed by atoms with E-state index in [1.54, 1.807) is 0 Å². The van der Waals surface area contributed by atoms with Gasteiger partial charge in [0.15, 0.2) is 0 Å². The van der Waals surface area contributed by atoms with Crippen molar-refractivity contribution in [2.45, 2.75) is 17.9 Å². The number of nitrogens with zero attached hydrogens (tertiary/aromatic N) is 4. The molecule has 0 bridgehead atoms. The maximum Gasteiger partial charge on any atom is 0.321 e. The number of aromatic nitrogens is 4. The highest BCUT2D eigenvalue weighted by atomic mass is 32.2. The second-order valence-corrected chi connectivity index (χ2v) is 7.30. The first-order valence-corrected chi connectivity index (χ1v) is 9.16. The number of aliphatic carboxylic acids is 1. The fourth-order valence-corrected chi connectivity index (χ4v) is 3.34. The van der Waals surface area contributed by atoms with Crippen LogP contribution in [-0.4, -0.2) is 45.7 Å². The van der Waals surface area contributed by atoms with E-state index in [1.807, 2.05) is 0 Å². The highest BCUT2D eigenvalue weighted by Crippen LogP contribution is 2.18. The minimum atomic E-state index is -3.97. The van der Waals surface area contributed by atoms with Crippen LogP contribution >= 0.6 is 0 Å². The van der Waals surface area contributed by atoms with Crippen molar-refractivity contribution in [2.24, 2.45) is 0 Å². The van der Waals surface area contributed by atoms with Crippen LogP contribution in [0.1, 0.15) is 6.92 Å². The molecule has 140 valence electrons. The van der Waals surface area contributed by atoms with Gasteiger partial charge in [-0.05, 0) is 60.7 Å². The van der Waals surface area contributed by atoms with Crippen LogP contribution in [0, 0.1) is 5.82 Å². The van der Waals surface area contributed by atoms with Crippen molar-refractivity contribution < 1.29 is 22.7 Å². The Labute approximate surface area is 153 Å². The molecule has 1 heterocycles. The summed E-state index contributed by atoms with van der Waals surface area (Å²) in [6.45, 7) is 1.23. The van der Waals surface area contributed by atoms with E-state index in [0.29, 0.717) is 11.3 Å². The van der Waals surface area contributed by atoms with Gasteiger partial charge in [-0.3, -0.25) is 4.79 Å². The Balaban J connectivity index is 1.82. The van der Waals surface area contributed by atoms with E-state index in [9.17, 15) is 17.6 Å². The van der Waals surface area contributed by atoms with Crippen LogP contribution < -0.4 is 4.72 Å². The molecule has 0 amide bonds. The molecule has 1 atom stereocenters. The molecule has 9 nitrogen and oxygen atoms in total. The molecule has 2 aromatic carbocycles. The molecule has 2 N–H and O–H groups in total. The van der Waals surface area contributed by atoms with Crippen molar-refractivity contribution in [1.82, 2.24) is 24.9 Å². The van der Waals surface area contributed by atoms with E-state index in [-0.39, 0.29) is 16.5 Å². The molecule has 1 unspecified atom stereocenters. The van der Waals surface area contributed by atoms with Gasteiger partial charge >= 0.3 is 5.97 Å². The van der Waals surface area contributed by atoms with Crippen molar-refractivity contribution in [3.05, 3.63) is 54.3 Å². The quantitative estimate of drug-likeness (QED) is 0.647. The highest BCUT2D eigenvalue weighted by molar-refractivity contribution is 7.89. The molecular weight excluding hydrogens is 377 g/mol. The summed E-state index contributed by atoms with van der Waals surface area (Å²) in [6, 6.07) is 9.84. The van der Waals surface area contributed by atoms with Gasteiger partial charge in [0.05, 0.1) is 10.6 Å². The lowest BCUT2D eigenvalue weighted by atomic mass is 10.2. The Kier molecular flexibility index (Phi) is 4.97. The molecule has 0 aliphatic carbocycles. The molecule has 0 fully saturated rings. The number of rotatable bonds is 6. The van der Waals surface area contributed by atoms with Crippen molar-refractivity contribution in [1.29, 1.82) is 0 Å². The molecule has 0 spiro atoms. The molecule has 1 aromatic heterocycles. The van der Waals surface area contributed by atoms with Gasteiger partial charge in [-0.25, -0.2) is 12.8 Å². The number of hydrogen-bond acceptors (Lipinski definition) is 6. The molecule has 0 radical (unpaired) electrons. The summed E-state index contributed by atoms with van der Waals surface area (Å²) in [6.07, 6.45) is 0. The second kappa shape index (κ2) is 7.21. The zero-order valence-electron chi connectivity index (χ0n) is 13.9. The zero-order chi connectivity index (χ0) is 19.6. The van der Waals surface area contributed by atoms with Crippen LogP contribution in [0.5, 0.6) is 0 Å². The molecular formula is C16H14FN5O4S. The molecule has 11 heteroatoms. The third-order valence-electron chi connectivity index (χ3n) is 3.60. The van der Waals surface area contributed by atoms with Crippen LogP contribution in [0.25, 0.3) is 17.1 Å². The Morgan fingerprint density at radius 2 is 1.78 bits per heavy atom. The van der Waals surface area contributed by atoms with E-state index >= 15 is 0 Å². The van der Waals surface area contributed by atoms with E-state index in [2.05, 4.69) is 20.1 Å². The van der Waals surface area contributed by atoms with E-state index in [4.69, 9.17) is 5.11 Å². The van der Waals surface area contributed by atoms with Crippen LogP contribution in [0.2, 0.25) is 0 Å². The number of carbonyl (C=O) groups is 1. The van der Waals surface area contributed by atoms with E-state index in [0.717, 1.165) is 0 Å². The monoisotopic (exact) mass is 391 g/mol. The predicted octanol–water partition coefficient (Wildman–Crippen LogP) is 1.22.